The van der Waals surface area contributed by atoms with Gasteiger partial charge in [-0.05, 0) is 31.4 Å². The molecule has 3 aromatic rings. The van der Waals surface area contributed by atoms with Crippen molar-refractivity contribution in [3.8, 4) is 11.5 Å². The van der Waals surface area contributed by atoms with E-state index in [-0.39, 0.29) is 36.3 Å². The number of aromatic nitrogens is 3. The lowest BCUT2D eigenvalue weighted by Gasteiger charge is -2.26. The Hall–Kier alpha value is -3.62. The summed E-state index contributed by atoms with van der Waals surface area (Å²) in [6.45, 7) is 8.24. The second kappa shape index (κ2) is 10.3. The van der Waals surface area contributed by atoms with Crippen molar-refractivity contribution in [2.45, 2.75) is 53.5 Å². The predicted molar refractivity (Wildman–Crippen MR) is 128 cm³/mol. The van der Waals surface area contributed by atoms with E-state index in [9.17, 15) is 14.4 Å². The van der Waals surface area contributed by atoms with Crippen LogP contribution in [0.4, 0.5) is 11.5 Å². The van der Waals surface area contributed by atoms with Gasteiger partial charge in [0.15, 0.2) is 5.69 Å². The molecule has 3 rings (SSSR count). The Morgan fingerprint density at radius 2 is 1.94 bits per heavy atom. The van der Waals surface area contributed by atoms with Crippen molar-refractivity contribution < 1.29 is 9.21 Å². The number of benzene rings is 1. The van der Waals surface area contributed by atoms with Crippen LogP contribution in [0.5, 0.6) is 0 Å². The normalized spacial score (nSPS) is 11.2. The molecule has 0 radical (unpaired) electrons. The van der Waals surface area contributed by atoms with Gasteiger partial charge in [-0.1, -0.05) is 45.4 Å². The van der Waals surface area contributed by atoms with Crippen LogP contribution < -0.4 is 21.9 Å². The van der Waals surface area contributed by atoms with Gasteiger partial charge in [-0.25, -0.2) is 9.78 Å². The number of amides is 1. The Bertz CT molecular complexity index is 1220. The zero-order valence-corrected chi connectivity index (χ0v) is 19.6. The lowest BCUT2D eigenvalue weighted by atomic mass is 10.1. The molecular formula is C24H31N5O4. The standard InChI is InChI=1S/C24H31N5O4/c1-5-6-12-28-21(25)20(22(31)27-24(28)32)29(14-15(2)3)19(30)13-18-16(4)33-23(26-18)17-10-8-7-9-11-17/h7-11,15H,5-6,12-14,25H2,1-4H3,(H,27,31,32). The van der Waals surface area contributed by atoms with Crippen LogP contribution >= 0.6 is 0 Å². The van der Waals surface area contributed by atoms with Crippen LogP contribution in [0, 0.1) is 12.8 Å². The minimum absolute atomic E-state index is 0.00571. The number of carbonyl (C=O) groups excluding carboxylic acids is 1. The molecule has 2 aromatic heterocycles. The van der Waals surface area contributed by atoms with Crippen LogP contribution in [0.15, 0.2) is 44.3 Å². The van der Waals surface area contributed by atoms with Gasteiger partial charge in [-0.15, -0.1) is 0 Å². The molecule has 0 aliphatic carbocycles. The highest BCUT2D eigenvalue weighted by Gasteiger charge is 2.26. The van der Waals surface area contributed by atoms with Crippen molar-refractivity contribution >= 4 is 17.4 Å². The maximum absolute atomic E-state index is 13.4. The van der Waals surface area contributed by atoms with Crippen molar-refractivity contribution in [1.82, 2.24) is 14.5 Å². The number of H-pyrrole nitrogens is 1. The average Bonchev–Trinajstić information content (AvgIpc) is 3.13. The van der Waals surface area contributed by atoms with Crippen LogP contribution in [0.1, 0.15) is 45.1 Å². The monoisotopic (exact) mass is 453 g/mol. The third-order valence-electron chi connectivity index (χ3n) is 5.30. The van der Waals surface area contributed by atoms with Crippen molar-refractivity contribution in [3.05, 3.63) is 62.6 Å². The number of carbonyl (C=O) groups is 1. The molecule has 0 atom stereocenters. The molecule has 0 spiro atoms. The summed E-state index contributed by atoms with van der Waals surface area (Å²) in [5.41, 5.74) is 6.29. The number of nitrogen functional groups attached to an aromatic ring is 1. The first kappa shape index (κ1) is 24.0. The van der Waals surface area contributed by atoms with Crippen molar-refractivity contribution in [3.63, 3.8) is 0 Å². The summed E-state index contributed by atoms with van der Waals surface area (Å²) in [6.07, 6.45) is 1.50. The molecule has 0 fully saturated rings. The summed E-state index contributed by atoms with van der Waals surface area (Å²) in [4.78, 5) is 46.6. The second-order valence-electron chi connectivity index (χ2n) is 8.46. The predicted octanol–water partition coefficient (Wildman–Crippen LogP) is 3.11. The highest BCUT2D eigenvalue weighted by molar-refractivity contribution is 5.96. The smallest absolute Gasteiger partial charge is 0.330 e. The Labute approximate surface area is 192 Å². The van der Waals surface area contributed by atoms with Gasteiger partial charge < -0.3 is 15.1 Å². The lowest BCUT2D eigenvalue weighted by Crippen LogP contribution is -2.43. The molecule has 1 aromatic carbocycles. The number of anilines is 2. The summed E-state index contributed by atoms with van der Waals surface area (Å²) < 4.78 is 7.09. The first-order valence-corrected chi connectivity index (χ1v) is 11.2. The first-order chi connectivity index (χ1) is 15.7. The minimum atomic E-state index is -0.680. The number of aromatic amines is 1. The van der Waals surface area contributed by atoms with E-state index < -0.39 is 11.2 Å². The molecule has 0 bridgehead atoms. The summed E-state index contributed by atoms with van der Waals surface area (Å²) in [5, 5.41) is 0. The molecule has 2 heterocycles. The lowest BCUT2D eigenvalue weighted by molar-refractivity contribution is -0.118. The minimum Gasteiger partial charge on any atom is -0.441 e. The Morgan fingerprint density at radius 3 is 2.58 bits per heavy atom. The SMILES string of the molecule is CCCCn1c(N)c(N(CC(C)C)C(=O)Cc2nc(-c3ccccc3)oc2C)c(=O)[nH]c1=O. The van der Waals surface area contributed by atoms with Crippen LogP contribution in [0.25, 0.3) is 11.5 Å². The first-order valence-electron chi connectivity index (χ1n) is 11.2. The number of oxazole rings is 1. The van der Waals surface area contributed by atoms with Crippen molar-refractivity contribution in [1.29, 1.82) is 0 Å². The third kappa shape index (κ3) is 5.42. The highest BCUT2D eigenvalue weighted by atomic mass is 16.4. The molecule has 0 aliphatic rings. The van der Waals surface area contributed by atoms with E-state index in [4.69, 9.17) is 10.2 Å². The Balaban J connectivity index is 1.98. The van der Waals surface area contributed by atoms with Gasteiger partial charge in [0.25, 0.3) is 5.56 Å². The second-order valence-corrected chi connectivity index (χ2v) is 8.46. The van der Waals surface area contributed by atoms with Crippen LogP contribution in [0.3, 0.4) is 0 Å². The quantitative estimate of drug-likeness (QED) is 0.512. The summed E-state index contributed by atoms with van der Waals surface area (Å²) in [6, 6.07) is 9.41. The maximum atomic E-state index is 13.4. The molecule has 0 unspecified atom stereocenters. The van der Waals surface area contributed by atoms with E-state index in [1.165, 1.54) is 9.47 Å². The highest BCUT2D eigenvalue weighted by Crippen LogP contribution is 2.24. The van der Waals surface area contributed by atoms with E-state index in [1.807, 2.05) is 51.1 Å². The number of unbranched alkanes of at least 4 members (excludes halogenated alkanes) is 1. The van der Waals surface area contributed by atoms with E-state index in [2.05, 4.69) is 9.97 Å². The maximum Gasteiger partial charge on any atom is 0.330 e. The molecule has 0 saturated carbocycles. The molecule has 33 heavy (non-hydrogen) atoms. The van der Waals surface area contributed by atoms with Gasteiger partial charge in [-0.2, -0.15) is 0 Å². The molecule has 3 N–H and O–H groups in total. The summed E-state index contributed by atoms with van der Waals surface area (Å²) in [5.74, 6) is 0.658. The van der Waals surface area contributed by atoms with Crippen LogP contribution in [0.2, 0.25) is 0 Å². The van der Waals surface area contributed by atoms with Crippen molar-refractivity contribution in [2.24, 2.45) is 5.92 Å². The number of aryl methyl sites for hydroxylation is 1. The summed E-state index contributed by atoms with van der Waals surface area (Å²) >= 11 is 0. The molecule has 0 aliphatic heterocycles. The average molecular weight is 454 g/mol. The van der Waals surface area contributed by atoms with Gasteiger partial charge in [0, 0.05) is 18.7 Å². The molecule has 1 amide bonds. The summed E-state index contributed by atoms with van der Waals surface area (Å²) in [7, 11) is 0. The van der Waals surface area contributed by atoms with Crippen molar-refractivity contribution in [2.75, 3.05) is 17.2 Å². The number of rotatable bonds is 9. The third-order valence-corrected chi connectivity index (χ3v) is 5.30. The molecular weight excluding hydrogens is 422 g/mol. The topological polar surface area (TPSA) is 127 Å². The van der Waals surface area contributed by atoms with Gasteiger partial charge in [0.05, 0.1) is 12.1 Å². The number of nitrogens with zero attached hydrogens (tertiary/aromatic N) is 3. The largest absolute Gasteiger partial charge is 0.441 e. The number of nitrogens with two attached hydrogens (primary N) is 1. The zero-order valence-electron chi connectivity index (χ0n) is 19.6. The fourth-order valence-electron chi connectivity index (χ4n) is 3.59. The zero-order chi connectivity index (χ0) is 24.1. The van der Waals surface area contributed by atoms with Gasteiger partial charge in [0.1, 0.15) is 11.6 Å². The van der Waals surface area contributed by atoms with E-state index in [1.54, 1.807) is 6.92 Å². The number of hydrogen-bond acceptors (Lipinski definition) is 6. The fraction of sp³-hybridized carbons (Fsp3) is 0.417. The number of hydrogen-bond donors (Lipinski definition) is 2. The van der Waals surface area contributed by atoms with Crippen LogP contribution in [-0.2, 0) is 17.8 Å². The fourth-order valence-corrected chi connectivity index (χ4v) is 3.59. The molecule has 176 valence electrons. The van der Waals surface area contributed by atoms with E-state index in [0.717, 1.165) is 12.0 Å². The Morgan fingerprint density at radius 1 is 1.24 bits per heavy atom. The van der Waals surface area contributed by atoms with Gasteiger partial charge >= 0.3 is 5.69 Å². The molecule has 0 saturated heterocycles. The van der Waals surface area contributed by atoms with E-state index in [0.29, 0.717) is 30.3 Å². The van der Waals surface area contributed by atoms with Crippen LogP contribution in [-0.4, -0.2) is 27.0 Å². The molecule has 9 nitrogen and oxygen atoms in total. The van der Waals surface area contributed by atoms with Gasteiger partial charge in [0.2, 0.25) is 11.8 Å². The molecule has 9 heteroatoms. The Kier molecular flexibility index (Phi) is 7.52. The van der Waals surface area contributed by atoms with Gasteiger partial charge in [-0.3, -0.25) is 19.1 Å². The van der Waals surface area contributed by atoms with E-state index >= 15 is 0 Å². The number of nitrogens with one attached hydrogen (secondary N) is 1.